The first-order chi connectivity index (χ1) is 22.3. The summed E-state index contributed by atoms with van der Waals surface area (Å²) in [6.45, 7) is 3.55. The fourth-order valence-corrected chi connectivity index (χ4v) is 4.90. The van der Waals surface area contributed by atoms with Crippen molar-refractivity contribution in [2.75, 3.05) is 60.9 Å². The van der Waals surface area contributed by atoms with Crippen molar-refractivity contribution in [1.82, 2.24) is 20.6 Å². The maximum absolute atomic E-state index is 14.6. The zero-order chi connectivity index (χ0) is 33.1. The SMILES string of the molecule is CCNC(=O)[C@H](CSCCC(=O)Nc1cccc(Nc2nc(Nc3ccc(OCCOC)cc3)ncc2F)c1)NC(=O)CCCN. The van der Waals surface area contributed by atoms with Crippen molar-refractivity contribution < 1.29 is 28.2 Å². The summed E-state index contributed by atoms with van der Waals surface area (Å²) in [4.78, 5) is 45.3. The van der Waals surface area contributed by atoms with Crippen LogP contribution in [0.25, 0.3) is 0 Å². The highest BCUT2D eigenvalue weighted by Crippen LogP contribution is 2.24. The third kappa shape index (κ3) is 12.9. The first-order valence-electron chi connectivity index (χ1n) is 14.8. The summed E-state index contributed by atoms with van der Waals surface area (Å²) in [7, 11) is 1.60. The monoisotopic (exact) mass is 656 g/mol. The van der Waals surface area contributed by atoms with E-state index in [0.29, 0.717) is 67.0 Å². The van der Waals surface area contributed by atoms with Gasteiger partial charge in [-0.1, -0.05) is 6.07 Å². The Labute approximate surface area is 272 Å². The molecule has 0 aliphatic carbocycles. The van der Waals surface area contributed by atoms with Crippen LogP contribution in [0.15, 0.2) is 54.7 Å². The van der Waals surface area contributed by atoms with Gasteiger partial charge in [-0.05, 0) is 62.4 Å². The second-order valence-corrected chi connectivity index (χ2v) is 11.0. The van der Waals surface area contributed by atoms with E-state index in [1.807, 2.05) is 0 Å². The van der Waals surface area contributed by atoms with E-state index in [1.165, 1.54) is 11.8 Å². The maximum Gasteiger partial charge on any atom is 0.243 e. The van der Waals surface area contributed by atoms with Crippen molar-refractivity contribution in [3.63, 3.8) is 0 Å². The Morgan fingerprint density at radius 3 is 2.52 bits per heavy atom. The molecule has 0 saturated heterocycles. The number of carbonyl (C=O) groups is 3. The summed E-state index contributed by atoms with van der Waals surface area (Å²) >= 11 is 1.39. The Morgan fingerprint density at radius 1 is 1.00 bits per heavy atom. The molecule has 0 saturated carbocycles. The number of halogens is 1. The number of anilines is 5. The third-order valence-corrected chi connectivity index (χ3v) is 7.25. The van der Waals surface area contributed by atoms with Gasteiger partial charge in [0.2, 0.25) is 23.7 Å². The van der Waals surface area contributed by atoms with Gasteiger partial charge in [0.15, 0.2) is 11.6 Å². The lowest BCUT2D eigenvalue weighted by Crippen LogP contribution is -2.48. The van der Waals surface area contributed by atoms with Gasteiger partial charge in [-0.2, -0.15) is 16.7 Å². The molecule has 0 spiro atoms. The van der Waals surface area contributed by atoms with Gasteiger partial charge < -0.3 is 41.8 Å². The molecule has 15 heteroatoms. The highest BCUT2D eigenvalue weighted by atomic mass is 32.2. The van der Waals surface area contributed by atoms with Crippen molar-refractivity contribution >= 4 is 58.3 Å². The van der Waals surface area contributed by atoms with Gasteiger partial charge in [-0.3, -0.25) is 14.4 Å². The molecule has 0 radical (unpaired) electrons. The molecule has 248 valence electrons. The molecule has 7 N–H and O–H groups in total. The van der Waals surface area contributed by atoms with Gasteiger partial charge >= 0.3 is 0 Å². The number of amides is 3. The van der Waals surface area contributed by atoms with E-state index in [4.69, 9.17) is 15.2 Å². The van der Waals surface area contributed by atoms with Crippen molar-refractivity contribution in [2.45, 2.75) is 32.2 Å². The van der Waals surface area contributed by atoms with Crippen molar-refractivity contribution in [1.29, 1.82) is 0 Å². The number of benzene rings is 2. The molecule has 2 aromatic carbocycles. The van der Waals surface area contributed by atoms with Crippen molar-refractivity contribution in [3.05, 3.63) is 60.5 Å². The van der Waals surface area contributed by atoms with Gasteiger partial charge in [0.05, 0.1) is 12.8 Å². The molecular formula is C31H41FN8O5S. The Hall–Kier alpha value is -4.47. The number of nitrogens with zero attached hydrogens (tertiary/aromatic N) is 2. The first kappa shape index (κ1) is 36.0. The third-order valence-electron chi connectivity index (χ3n) is 6.19. The predicted octanol–water partition coefficient (Wildman–Crippen LogP) is 3.55. The molecule has 0 unspecified atom stereocenters. The predicted molar refractivity (Wildman–Crippen MR) is 178 cm³/mol. The zero-order valence-corrected chi connectivity index (χ0v) is 26.8. The lowest BCUT2D eigenvalue weighted by atomic mass is 10.2. The summed E-state index contributed by atoms with van der Waals surface area (Å²) in [5, 5.41) is 14.2. The van der Waals surface area contributed by atoms with Crippen LogP contribution in [-0.2, 0) is 19.1 Å². The number of nitrogens with one attached hydrogen (secondary N) is 5. The van der Waals surface area contributed by atoms with Crippen LogP contribution in [-0.4, -0.2) is 78.7 Å². The number of ether oxygens (including phenoxy) is 2. The smallest absolute Gasteiger partial charge is 0.243 e. The quantitative estimate of drug-likeness (QED) is 0.0979. The first-order valence-corrected chi connectivity index (χ1v) is 16.0. The lowest BCUT2D eigenvalue weighted by molar-refractivity contribution is -0.128. The number of thioether (sulfide) groups is 1. The van der Waals surface area contributed by atoms with Crippen LogP contribution in [0, 0.1) is 5.82 Å². The van der Waals surface area contributed by atoms with E-state index in [1.54, 1.807) is 62.6 Å². The standard InChI is InChI=1S/C31H41FN8O5S/c1-3-34-30(43)26(39-27(41)8-5-14-33)20-46-17-13-28(42)36-22-6-4-7-23(18-22)37-29-25(32)19-35-31(40-29)38-21-9-11-24(12-10-21)45-16-15-44-2/h4,6-7,9-12,18-19,26H,3,5,8,13-17,20,33H2,1-2H3,(H,34,43)(H,36,42)(H,39,41)(H2,35,37,38,40)/t26-/m0/s1. The fraction of sp³-hybridized carbons (Fsp3) is 0.387. The second-order valence-electron chi connectivity index (χ2n) is 9.87. The van der Waals surface area contributed by atoms with E-state index in [0.717, 1.165) is 6.20 Å². The molecule has 1 heterocycles. The Balaban J connectivity index is 1.50. The van der Waals surface area contributed by atoms with Gasteiger partial charge in [0, 0.05) is 55.1 Å². The largest absolute Gasteiger partial charge is 0.491 e. The number of methoxy groups -OCH3 is 1. The molecule has 1 aromatic heterocycles. The van der Waals surface area contributed by atoms with Crippen LogP contribution in [0.3, 0.4) is 0 Å². The molecule has 0 fully saturated rings. The van der Waals surface area contributed by atoms with E-state index in [-0.39, 0.29) is 42.3 Å². The topological polar surface area (TPSA) is 182 Å². The van der Waals surface area contributed by atoms with Crippen molar-refractivity contribution in [2.24, 2.45) is 5.73 Å². The van der Waals surface area contributed by atoms with Crippen LogP contribution >= 0.6 is 11.8 Å². The molecule has 3 aromatic rings. The van der Waals surface area contributed by atoms with Gasteiger partial charge in [0.25, 0.3) is 0 Å². The number of carbonyl (C=O) groups excluding carboxylic acids is 3. The summed E-state index contributed by atoms with van der Waals surface area (Å²) in [5.74, 6) is 0.176. The number of likely N-dealkylation sites (N-methyl/N-ethyl adjacent to an activating group) is 1. The average molecular weight is 657 g/mol. The molecular weight excluding hydrogens is 615 g/mol. The highest BCUT2D eigenvalue weighted by Gasteiger charge is 2.20. The Kier molecular flexibility index (Phi) is 15.5. The van der Waals surface area contributed by atoms with E-state index in [9.17, 15) is 18.8 Å². The minimum absolute atomic E-state index is 0.0475. The summed E-state index contributed by atoms with van der Waals surface area (Å²) < 4.78 is 25.1. The van der Waals surface area contributed by atoms with Crippen LogP contribution in [0.5, 0.6) is 5.75 Å². The summed E-state index contributed by atoms with van der Waals surface area (Å²) in [6.07, 6.45) is 2.02. The summed E-state index contributed by atoms with van der Waals surface area (Å²) in [6, 6.07) is 13.2. The number of hydrogen-bond acceptors (Lipinski definition) is 11. The van der Waals surface area contributed by atoms with E-state index >= 15 is 0 Å². The Bertz CT molecular complexity index is 1420. The minimum atomic E-state index is -0.703. The second kappa shape index (κ2) is 19.8. The average Bonchev–Trinajstić information content (AvgIpc) is 3.04. The molecule has 0 aliphatic heterocycles. The zero-order valence-electron chi connectivity index (χ0n) is 25.9. The molecule has 1 atom stereocenters. The van der Waals surface area contributed by atoms with Crippen LogP contribution in [0.4, 0.5) is 33.2 Å². The lowest BCUT2D eigenvalue weighted by Gasteiger charge is -2.17. The minimum Gasteiger partial charge on any atom is -0.491 e. The van der Waals surface area contributed by atoms with Crippen molar-refractivity contribution in [3.8, 4) is 5.75 Å². The van der Waals surface area contributed by atoms with Gasteiger partial charge in [-0.15, -0.1) is 0 Å². The highest BCUT2D eigenvalue weighted by molar-refractivity contribution is 7.99. The molecule has 3 rings (SSSR count). The number of rotatable bonds is 20. The molecule has 46 heavy (non-hydrogen) atoms. The van der Waals surface area contributed by atoms with E-state index in [2.05, 4.69) is 36.6 Å². The van der Waals surface area contributed by atoms with Gasteiger partial charge in [-0.25, -0.2) is 9.37 Å². The van der Waals surface area contributed by atoms with Crippen LogP contribution < -0.4 is 37.1 Å². The van der Waals surface area contributed by atoms with Crippen LogP contribution in [0.2, 0.25) is 0 Å². The fourth-order valence-electron chi connectivity index (χ4n) is 3.93. The van der Waals surface area contributed by atoms with E-state index < -0.39 is 11.9 Å². The van der Waals surface area contributed by atoms with Crippen LogP contribution in [0.1, 0.15) is 26.2 Å². The Morgan fingerprint density at radius 2 is 1.78 bits per heavy atom. The van der Waals surface area contributed by atoms with Gasteiger partial charge in [0.1, 0.15) is 18.4 Å². The molecule has 0 aliphatic rings. The number of aromatic nitrogens is 2. The molecule has 13 nitrogen and oxygen atoms in total. The maximum atomic E-state index is 14.6. The summed E-state index contributed by atoms with van der Waals surface area (Å²) in [5.41, 5.74) is 7.16. The molecule has 3 amide bonds. The normalized spacial score (nSPS) is 11.3. The number of nitrogens with two attached hydrogens (primary N) is 1. The molecule has 0 bridgehead atoms. The number of hydrogen-bond donors (Lipinski definition) is 6.